The molecule has 0 spiro atoms. The number of nitrogens with zero attached hydrogens (tertiary/aromatic N) is 1. The van der Waals surface area contributed by atoms with Crippen molar-refractivity contribution < 1.29 is 17.9 Å². The first-order chi connectivity index (χ1) is 14.4. The minimum atomic E-state index is -3.40. The number of sulfonamides is 1. The first-order valence-electron chi connectivity index (χ1n) is 9.69. The fraction of sp³-hybridized carbons (Fsp3) is 0.381. The van der Waals surface area contributed by atoms with E-state index in [9.17, 15) is 8.42 Å². The molecule has 8 nitrogen and oxygen atoms in total. The van der Waals surface area contributed by atoms with Gasteiger partial charge in [0.05, 0.1) is 19.4 Å². The number of ether oxygens (including phenoxy) is 2. The molecule has 0 radical (unpaired) electrons. The number of aliphatic imine (C=N–C) groups is 1. The number of benzene rings is 2. The molecule has 30 heavy (non-hydrogen) atoms. The van der Waals surface area contributed by atoms with Crippen molar-refractivity contribution in [3.05, 3.63) is 60.2 Å². The average Bonchev–Trinajstić information content (AvgIpc) is 2.76. The molecule has 164 valence electrons. The Morgan fingerprint density at radius 1 is 1.03 bits per heavy atom. The van der Waals surface area contributed by atoms with Crippen LogP contribution in [0.5, 0.6) is 11.5 Å². The van der Waals surface area contributed by atoms with Gasteiger partial charge >= 0.3 is 0 Å². The molecule has 1 unspecified atom stereocenters. The Morgan fingerprint density at radius 2 is 1.70 bits per heavy atom. The van der Waals surface area contributed by atoms with Gasteiger partial charge in [-0.15, -0.1) is 0 Å². The zero-order valence-electron chi connectivity index (χ0n) is 17.6. The Kier molecular flexibility index (Phi) is 9.43. The summed E-state index contributed by atoms with van der Waals surface area (Å²) in [6, 6.07) is 16.8. The van der Waals surface area contributed by atoms with Crippen LogP contribution >= 0.6 is 0 Å². The second kappa shape index (κ2) is 12.0. The lowest BCUT2D eigenvalue weighted by atomic mass is 10.2. The molecule has 0 saturated carbocycles. The van der Waals surface area contributed by atoms with Crippen LogP contribution in [0, 0.1) is 0 Å². The molecule has 0 aromatic heterocycles. The fourth-order valence-corrected chi connectivity index (χ4v) is 3.50. The van der Waals surface area contributed by atoms with E-state index in [1.165, 1.54) is 0 Å². The molecule has 2 rings (SSSR count). The van der Waals surface area contributed by atoms with Gasteiger partial charge in [0.15, 0.2) is 17.5 Å². The summed E-state index contributed by atoms with van der Waals surface area (Å²) < 4.78 is 38.1. The standard InChI is InChI=1S/C21H30N4O4S/c1-17(29-20-12-8-7-11-19(20)28-3)15-24-21(22-2)23-13-14-30(26,27)25-16-18-9-5-4-6-10-18/h4-12,17,25H,13-16H2,1-3H3,(H2,22,23,24). The van der Waals surface area contributed by atoms with Gasteiger partial charge < -0.3 is 20.1 Å². The highest BCUT2D eigenvalue weighted by molar-refractivity contribution is 7.89. The number of nitrogens with one attached hydrogen (secondary N) is 3. The van der Waals surface area contributed by atoms with Gasteiger partial charge in [-0.1, -0.05) is 42.5 Å². The van der Waals surface area contributed by atoms with Crippen molar-refractivity contribution in [3.63, 3.8) is 0 Å². The van der Waals surface area contributed by atoms with Crippen LogP contribution in [0.4, 0.5) is 0 Å². The smallest absolute Gasteiger partial charge is 0.213 e. The summed E-state index contributed by atoms with van der Waals surface area (Å²) in [5, 5.41) is 6.13. The van der Waals surface area contributed by atoms with Crippen LogP contribution in [0.1, 0.15) is 12.5 Å². The van der Waals surface area contributed by atoms with Crippen molar-refractivity contribution in [1.29, 1.82) is 0 Å². The van der Waals surface area contributed by atoms with Crippen molar-refractivity contribution in [2.75, 3.05) is 33.0 Å². The molecule has 0 aliphatic rings. The van der Waals surface area contributed by atoms with Gasteiger partial charge in [0, 0.05) is 20.1 Å². The summed E-state index contributed by atoms with van der Waals surface area (Å²) >= 11 is 0. The number of hydrogen-bond donors (Lipinski definition) is 3. The van der Waals surface area contributed by atoms with E-state index in [2.05, 4.69) is 20.3 Å². The largest absolute Gasteiger partial charge is 0.493 e. The average molecular weight is 435 g/mol. The van der Waals surface area contributed by atoms with Gasteiger partial charge in [-0.2, -0.15) is 0 Å². The van der Waals surface area contributed by atoms with Crippen LogP contribution in [0.25, 0.3) is 0 Å². The minimum absolute atomic E-state index is 0.0617. The van der Waals surface area contributed by atoms with E-state index < -0.39 is 10.0 Å². The van der Waals surface area contributed by atoms with Crippen molar-refractivity contribution in [2.45, 2.75) is 19.6 Å². The lowest BCUT2D eigenvalue weighted by molar-refractivity contribution is 0.213. The summed E-state index contributed by atoms with van der Waals surface area (Å²) in [4.78, 5) is 4.11. The van der Waals surface area contributed by atoms with Crippen molar-refractivity contribution in [2.24, 2.45) is 4.99 Å². The molecule has 0 amide bonds. The van der Waals surface area contributed by atoms with Crippen LogP contribution in [0.15, 0.2) is 59.6 Å². The van der Waals surface area contributed by atoms with E-state index in [1.807, 2.05) is 61.5 Å². The predicted molar refractivity (Wildman–Crippen MR) is 120 cm³/mol. The zero-order chi connectivity index (χ0) is 21.8. The van der Waals surface area contributed by atoms with Gasteiger partial charge in [-0.25, -0.2) is 13.1 Å². The van der Waals surface area contributed by atoms with Crippen LogP contribution in [0.3, 0.4) is 0 Å². The maximum absolute atomic E-state index is 12.2. The van der Waals surface area contributed by atoms with E-state index in [1.54, 1.807) is 14.2 Å². The second-order valence-corrected chi connectivity index (χ2v) is 8.51. The van der Waals surface area contributed by atoms with Crippen molar-refractivity contribution in [3.8, 4) is 11.5 Å². The highest BCUT2D eigenvalue weighted by Gasteiger charge is 2.12. The summed E-state index contributed by atoms with van der Waals surface area (Å²) in [7, 11) is -0.172. The molecule has 0 saturated heterocycles. The Bertz CT molecular complexity index is 904. The molecular weight excluding hydrogens is 404 g/mol. The van der Waals surface area contributed by atoms with E-state index in [0.717, 1.165) is 5.56 Å². The van der Waals surface area contributed by atoms with Crippen LogP contribution in [0.2, 0.25) is 0 Å². The van der Waals surface area contributed by atoms with Crippen LogP contribution in [-0.4, -0.2) is 53.5 Å². The molecule has 2 aromatic rings. The number of para-hydroxylation sites is 2. The molecule has 2 aromatic carbocycles. The maximum atomic E-state index is 12.2. The van der Waals surface area contributed by atoms with Crippen molar-refractivity contribution in [1.82, 2.24) is 15.4 Å². The Hall–Kier alpha value is -2.78. The van der Waals surface area contributed by atoms with Crippen molar-refractivity contribution >= 4 is 16.0 Å². The fourth-order valence-electron chi connectivity index (χ4n) is 2.60. The quantitative estimate of drug-likeness (QED) is 0.368. The second-order valence-electron chi connectivity index (χ2n) is 6.58. The maximum Gasteiger partial charge on any atom is 0.213 e. The highest BCUT2D eigenvalue weighted by Crippen LogP contribution is 2.26. The van der Waals surface area contributed by atoms with Crippen LogP contribution in [-0.2, 0) is 16.6 Å². The molecule has 3 N–H and O–H groups in total. The Morgan fingerprint density at radius 3 is 2.37 bits per heavy atom. The van der Waals surface area contributed by atoms with Gasteiger partial charge in [-0.05, 0) is 24.6 Å². The monoisotopic (exact) mass is 434 g/mol. The number of hydrogen-bond acceptors (Lipinski definition) is 5. The minimum Gasteiger partial charge on any atom is -0.493 e. The summed E-state index contributed by atoms with van der Waals surface area (Å²) in [5.41, 5.74) is 0.913. The van der Waals surface area contributed by atoms with E-state index in [-0.39, 0.29) is 24.9 Å². The molecule has 0 heterocycles. The molecular formula is C21H30N4O4S. The molecule has 0 aliphatic heterocycles. The summed E-state index contributed by atoms with van der Waals surface area (Å²) in [5.74, 6) is 1.77. The van der Waals surface area contributed by atoms with E-state index in [4.69, 9.17) is 9.47 Å². The molecule has 0 aliphatic carbocycles. The highest BCUT2D eigenvalue weighted by atomic mass is 32.2. The van der Waals surface area contributed by atoms with Gasteiger partial charge in [0.25, 0.3) is 0 Å². The third kappa shape index (κ3) is 8.30. The molecule has 9 heteroatoms. The Balaban J connectivity index is 1.72. The lowest BCUT2D eigenvalue weighted by Crippen LogP contribution is -2.44. The topological polar surface area (TPSA) is 101 Å². The first-order valence-corrected chi connectivity index (χ1v) is 11.3. The first kappa shape index (κ1) is 23.5. The molecule has 1 atom stereocenters. The SMILES string of the molecule is CN=C(NCCS(=O)(=O)NCc1ccccc1)NCC(C)Oc1ccccc1OC. The lowest BCUT2D eigenvalue weighted by Gasteiger charge is -2.19. The summed E-state index contributed by atoms with van der Waals surface area (Å²) in [6.45, 7) is 2.90. The third-order valence-corrected chi connectivity index (χ3v) is 5.51. The summed E-state index contributed by atoms with van der Waals surface area (Å²) in [6.07, 6.45) is -0.156. The van der Waals surface area contributed by atoms with Crippen LogP contribution < -0.4 is 24.8 Å². The predicted octanol–water partition coefficient (Wildman–Crippen LogP) is 1.75. The van der Waals surface area contributed by atoms with Gasteiger partial charge in [0.1, 0.15) is 6.10 Å². The number of guanidine groups is 1. The zero-order valence-corrected chi connectivity index (χ0v) is 18.4. The van der Waals surface area contributed by atoms with Gasteiger partial charge in [-0.3, -0.25) is 4.99 Å². The van der Waals surface area contributed by atoms with E-state index >= 15 is 0 Å². The molecule has 0 fully saturated rings. The van der Waals surface area contributed by atoms with Gasteiger partial charge in [0.2, 0.25) is 10.0 Å². The third-order valence-electron chi connectivity index (χ3n) is 4.18. The van der Waals surface area contributed by atoms with E-state index in [0.29, 0.717) is 24.0 Å². The molecule has 0 bridgehead atoms. The normalized spacial score (nSPS) is 12.8. The Labute approximate surface area is 178 Å². The number of methoxy groups -OCH3 is 1. The number of rotatable bonds is 11.